The second-order valence-electron chi connectivity index (χ2n) is 10.9. The molecule has 1 aliphatic carbocycles. The highest BCUT2D eigenvalue weighted by molar-refractivity contribution is 5.98. The molecule has 1 amide bonds. The Bertz CT molecular complexity index is 1280. The van der Waals surface area contributed by atoms with Crippen LogP contribution in [0.15, 0.2) is 58.8 Å². The highest BCUT2D eigenvalue weighted by Gasteiger charge is 2.49. The minimum Gasteiger partial charge on any atom is -0.496 e. The predicted molar refractivity (Wildman–Crippen MR) is 132 cm³/mol. The van der Waals surface area contributed by atoms with Crippen molar-refractivity contribution in [3.63, 3.8) is 0 Å². The molecule has 178 valence electrons. The lowest BCUT2D eigenvalue weighted by Gasteiger charge is -2.40. The quantitative estimate of drug-likeness (QED) is 0.464. The van der Waals surface area contributed by atoms with Crippen LogP contribution in [0.1, 0.15) is 50.4 Å². The molecule has 7 nitrogen and oxygen atoms in total. The Balaban J connectivity index is 1.47. The highest BCUT2D eigenvalue weighted by atomic mass is 16.5. The van der Waals surface area contributed by atoms with E-state index in [2.05, 4.69) is 35.9 Å². The molecule has 2 atom stereocenters. The number of para-hydroxylation sites is 2. The van der Waals surface area contributed by atoms with Crippen molar-refractivity contribution >= 4 is 22.5 Å². The van der Waals surface area contributed by atoms with E-state index >= 15 is 0 Å². The Morgan fingerprint density at radius 1 is 1.12 bits per heavy atom. The summed E-state index contributed by atoms with van der Waals surface area (Å²) in [5, 5.41) is 20.1. The molecule has 0 radical (unpaired) electrons. The summed E-state index contributed by atoms with van der Waals surface area (Å²) < 4.78 is 7.16. The number of hydrogen-bond acceptors (Lipinski definition) is 5. The van der Waals surface area contributed by atoms with Gasteiger partial charge in [-0.15, -0.1) is 10.2 Å². The molecule has 5 rings (SSSR count). The van der Waals surface area contributed by atoms with Crippen molar-refractivity contribution in [2.24, 2.45) is 21.1 Å². The first kappa shape index (κ1) is 22.6. The lowest BCUT2D eigenvalue weighted by molar-refractivity contribution is 0.0992. The maximum atomic E-state index is 12.7. The number of ether oxygens (including phenoxy) is 1. The monoisotopic (exact) mass is 460 g/mol. The van der Waals surface area contributed by atoms with Crippen molar-refractivity contribution in [3.05, 3.63) is 54.1 Å². The molecule has 1 saturated carbocycles. The number of carbonyl (C=O) groups is 1. The largest absolute Gasteiger partial charge is 0.496 e. The number of benzene rings is 2. The van der Waals surface area contributed by atoms with Crippen LogP contribution in [0, 0.1) is 10.8 Å². The van der Waals surface area contributed by atoms with Crippen molar-refractivity contribution in [1.29, 1.82) is 0 Å². The van der Waals surface area contributed by atoms with E-state index in [1.807, 2.05) is 28.8 Å². The lowest BCUT2D eigenvalue weighted by Crippen LogP contribution is -2.35. The molecule has 2 fully saturated rings. The van der Waals surface area contributed by atoms with Gasteiger partial charge in [0.05, 0.1) is 24.9 Å². The number of nitrogens with zero attached hydrogens (tertiary/aromatic N) is 4. The molecular weight excluding hydrogens is 428 g/mol. The number of amides is 1. The SMILES string of the molecule is COc1ccccc1C(=O)N=Nc1c(O)n(CN2C[C@@]3(C)C[C@@H]2CC(C)(C)C3)c2ccccc12. The third kappa shape index (κ3) is 3.98. The van der Waals surface area contributed by atoms with Gasteiger partial charge in [-0.2, -0.15) is 0 Å². The van der Waals surface area contributed by atoms with E-state index in [-0.39, 0.29) is 5.88 Å². The van der Waals surface area contributed by atoms with E-state index in [0.717, 1.165) is 23.9 Å². The van der Waals surface area contributed by atoms with Crippen molar-refractivity contribution in [1.82, 2.24) is 9.47 Å². The van der Waals surface area contributed by atoms with Crippen molar-refractivity contribution < 1.29 is 14.6 Å². The number of rotatable bonds is 5. The topological polar surface area (TPSA) is 79.4 Å². The summed E-state index contributed by atoms with van der Waals surface area (Å²) in [5.41, 5.74) is 2.15. The Hall–Kier alpha value is -3.19. The van der Waals surface area contributed by atoms with Gasteiger partial charge in [0, 0.05) is 18.0 Å². The lowest BCUT2D eigenvalue weighted by atomic mass is 9.65. The van der Waals surface area contributed by atoms with Crippen LogP contribution in [0.2, 0.25) is 0 Å². The summed E-state index contributed by atoms with van der Waals surface area (Å²) in [6.07, 6.45) is 3.56. The Kier molecular flexibility index (Phi) is 5.47. The number of azo groups is 1. The predicted octanol–water partition coefficient (Wildman–Crippen LogP) is 6.14. The molecule has 2 bridgehead atoms. The van der Waals surface area contributed by atoms with E-state index in [0.29, 0.717) is 40.5 Å². The van der Waals surface area contributed by atoms with Gasteiger partial charge in [-0.25, -0.2) is 0 Å². The third-order valence-electron chi connectivity index (χ3n) is 7.34. The molecule has 1 saturated heterocycles. The van der Waals surface area contributed by atoms with Gasteiger partial charge in [-0.3, -0.25) is 14.3 Å². The fourth-order valence-electron chi connectivity index (χ4n) is 6.41. The maximum absolute atomic E-state index is 12.7. The zero-order valence-corrected chi connectivity index (χ0v) is 20.3. The zero-order valence-electron chi connectivity index (χ0n) is 20.3. The molecule has 3 aromatic rings. The van der Waals surface area contributed by atoms with Crippen molar-refractivity contribution in [3.8, 4) is 11.6 Å². The summed E-state index contributed by atoms with van der Waals surface area (Å²) in [6, 6.07) is 15.1. The van der Waals surface area contributed by atoms with Crippen LogP contribution in [0.4, 0.5) is 5.69 Å². The van der Waals surface area contributed by atoms with Gasteiger partial charge in [-0.05, 0) is 48.3 Å². The normalized spacial score (nSPS) is 24.2. The van der Waals surface area contributed by atoms with Crippen LogP contribution in [0.25, 0.3) is 10.9 Å². The van der Waals surface area contributed by atoms with E-state index in [4.69, 9.17) is 4.74 Å². The Morgan fingerprint density at radius 2 is 1.85 bits per heavy atom. The zero-order chi connectivity index (χ0) is 24.1. The fraction of sp³-hybridized carbons (Fsp3) is 0.444. The van der Waals surface area contributed by atoms with Crippen LogP contribution in [-0.2, 0) is 6.67 Å². The number of aromatic hydroxyl groups is 1. The number of aromatic nitrogens is 1. The molecule has 1 N–H and O–H groups in total. The molecular formula is C27H32N4O3. The summed E-state index contributed by atoms with van der Waals surface area (Å²) in [6.45, 7) is 8.70. The summed E-state index contributed by atoms with van der Waals surface area (Å²) in [4.78, 5) is 15.2. The summed E-state index contributed by atoms with van der Waals surface area (Å²) in [5.74, 6) is -0.0458. The number of methoxy groups -OCH3 is 1. The first-order chi connectivity index (χ1) is 16.2. The molecule has 34 heavy (non-hydrogen) atoms. The van der Waals surface area contributed by atoms with Crippen LogP contribution in [0.5, 0.6) is 11.6 Å². The highest BCUT2D eigenvalue weighted by Crippen LogP contribution is 2.53. The van der Waals surface area contributed by atoms with Crippen molar-refractivity contribution in [2.75, 3.05) is 13.7 Å². The number of likely N-dealkylation sites (tertiary alicyclic amines) is 1. The van der Waals surface area contributed by atoms with Gasteiger partial charge in [0.15, 0.2) is 5.69 Å². The van der Waals surface area contributed by atoms with Gasteiger partial charge in [0.1, 0.15) is 5.75 Å². The second-order valence-corrected chi connectivity index (χ2v) is 10.9. The standard InChI is InChI=1S/C27H32N4O3/c1-26(2)13-18-14-27(3,15-26)16-30(18)17-31-21-11-7-5-9-19(21)23(25(31)33)28-29-24(32)20-10-6-8-12-22(20)34-4/h5-12,18,33H,13-17H2,1-4H3/t18-,27-/m0/s1. The number of fused-ring (bicyclic) bond motifs is 3. The molecule has 1 aliphatic heterocycles. The summed E-state index contributed by atoms with van der Waals surface area (Å²) >= 11 is 0. The Labute approximate surface area is 200 Å². The average molecular weight is 461 g/mol. The summed E-state index contributed by atoms with van der Waals surface area (Å²) in [7, 11) is 1.51. The van der Waals surface area contributed by atoms with Crippen molar-refractivity contribution in [2.45, 2.75) is 52.7 Å². The van der Waals surface area contributed by atoms with Crippen LogP contribution in [0.3, 0.4) is 0 Å². The molecule has 0 unspecified atom stereocenters. The Morgan fingerprint density at radius 3 is 2.65 bits per heavy atom. The molecule has 7 heteroatoms. The smallest absolute Gasteiger partial charge is 0.299 e. The van der Waals surface area contributed by atoms with Gasteiger partial charge in [0.25, 0.3) is 5.91 Å². The fourth-order valence-corrected chi connectivity index (χ4v) is 6.41. The van der Waals surface area contributed by atoms with Gasteiger partial charge < -0.3 is 9.84 Å². The second kappa shape index (κ2) is 8.24. The molecule has 1 aromatic heterocycles. The molecule has 2 heterocycles. The van der Waals surface area contributed by atoms with E-state index in [1.54, 1.807) is 24.3 Å². The minimum absolute atomic E-state index is 0.0311. The van der Waals surface area contributed by atoms with Crippen LogP contribution >= 0.6 is 0 Å². The van der Waals surface area contributed by atoms with E-state index in [9.17, 15) is 9.90 Å². The van der Waals surface area contributed by atoms with Gasteiger partial charge in [-0.1, -0.05) is 51.1 Å². The van der Waals surface area contributed by atoms with Crippen LogP contribution in [-0.4, -0.2) is 40.2 Å². The third-order valence-corrected chi connectivity index (χ3v) is 7.34. The minimum atomic E-state index is -0.517. The average Bonchev–Trinajstić information content (AvgIpc) is 3.20. The van der Waals surface area contributed by atoms with Gasteiger partial charge >= 0.3 is 0 Å². The number of carbonyl (C=O) groups excluding carboxylic acids is 1. The van der Waals surface area contributed by atoms with E-state index in [1.165, 1.54) is 20.0 Å². The number of hydrogen-bond donors (Lipinski definition) is 1. The first-order valence-corrected chi connectivity index (χ1v) is 11.8. The van der Waals surface area contributed by atoms with Gasteiger partial charge in [0.2, 0.25) is 5.88 Å². The van der Waals surface area contributed by atoms with E-state index < -0.39 is 5.91 Å². The molecule has 2 aliphatic rings. The van der Waals surface area contributed by atoms with Crippen LogP contribution < -0.4 is 4.74 Å². The molecule has 0 spiro atoms. The molecule has 2 aromatic carbocycles. The maximum Gasteiger partial charge on any atom is 0.299 e. The first-order valence-electron chi connectivity index (χ1n) is 11.8.